The Labute approximate surface area is 141 Å². The number of anilines is 1. The van der Waals surface area contributed by atoms with Crippen molar-refractivity contribution >= 4 is 44.2 Å². The van der Waals surface area contributed by atoms with Crippen LogP contribution in [0.1, 0.15) is 10.4 Å². The summed E-state index contributed by atoms with van der Waals surface area (Å²) in [7, 11) is 2.98. The van der Waals surface area contributed by atoms with Crippen molar-refractivity contribution in [1.29, 1.82) is 0 Å². The molecule has 118 valence electrons. The molecule has 0 atom stereocenters. The number of fused-ring (bicyclic) bond motifs is 1. The van der Waals surface area contributed by atoms with Gasteiger partial charge in [0, 0.05) is 0 Å². The van der Waals surface area contributed by atoms with Crippen molar-refractivity contribution in [2.45, 2.75) is 0 Å². The smallest absolute Gasteiger partial charge is 0.259 e. The van der Waals surface area contributed by atoms with E-state index in [2.05, 4.69) is 10.3 Å². The number of aromatic nitrogens is 1. The SMILES string of the molecule is COc1ccc(C(=O)Nc2nc3ccccc3s2)c(Cl)c1OC. The van der Waals surface area contributed by atoms with Crippen molar-refractivity contribution in [3.63, 3.8) is 0 Å². The fourth-order valence-electron chi connectivity index (χ4n) is 2.15. The molecule has 0 radical (unpaired) electrons. The lowest BCUT2D eigenvalue weighted by atomic mass is 10.2. The van der Waals surface area contributed by atoms with Crippen LogP contribution in [-0.4, -0.2) is 25.1 Å². The highest BCUT2D eigenvalue weighted by atomic mass is 35.5. The van der Waals surface area contributed by atoms with Crippen LogP contribution in [0.4, 0.5) is 5.13 Å². The monoisotopic (exact) mass is 348 g/mol. The Hall–Kier alpha value is -2.31. The van der Waals surface area contributed by atoms with Gasteiger partial charge in [-0.15, -0.1) is 0 Å². The van der Waals surface area contributed by atoms with Gasteiger partial charge in [-0.05, 0) is 24.3 Å². The quantitative estimate of drug-likeness (QED) is 0.766. The van der Waals surface area contributed by atoms with E-state index in [1.165, 1.54) is 25.6 Å². The number of methoxy groups -OCH3 is 2. The summed E-state index contributed by atoms with van der Waals surface area (Å²) in [5.41, 5.74) is 1.13. The van der Waals surface area contributed by atoms with E-state index in [0.717, 1.165) is 10.2 Å². The number of hydrogen-bond acceptors (Lipinski definition) is 5. The number of amides is 1. The minimum atomic E-state index is -0.352. The molecule has 1 aromatic heterocycles. The summed E-state index contributed by atoms with van der Waals surface area (Å²) in [6, 6.07) is 10.9. The number of carbonyl (C=O) groups excluding carboxylic acids is 1. The van der Waals surface area contributed by atoms with Crippen LogP contribution in [0.2, 0.25) is 5.02 Å². The summed E-state index contributed by atoms with van der Waals surface area (Å²) in [5.74, 6) is 0.440. The molecule has 0 unspecified atom stereocenters. The number of carbonyl (C=O) groups is 1. The molecule has 0 saturated heterocycles. The maximum absolute atomic E-state index is 12.5. The van der Waals surface area contributed by atoms with E-state index >= 15 is 0 Å². The number of rotatable bonds is 4. The van der Waals surface area contributed by atoms with Gasteiger partial charge in [-0.2, -0.15) is 0 Å². The standard InChI is InChI=1S/C16H13ClN2O3S/c1-21-11-8-7-9(13(17)14(11)22-2)15(20)19-16-18-10-5-3-4-6-12(10)23-16/h3-8H,1-2H3,(H,18,19,20). The topological polar surface area (TPSA) is 60.5 Å². The molecule has 1 N–H and O–H groups in total. The summed E-state index contributed by atoms with van der Waals surface area (Å²) >= 11 is 7.65. The van der Waals surface area contributed by atoms with Gasteiger partial charge in [-0.3, -0.25) is 10.1 Å². The zero-order valence-electron chi connectivity index (χ0n) is 12.4. The van der Waals surface area contributed by atoms with Crippen LogP contribution < -0.4 is 14.8 Å². The van der Waals surface area contributed by atoms with Crippen LogP contribution in [0.15, 0.2) is 36.4 Å². The number of ether oxygens (including phenoxy) is 2. The Bertz CT molecular complexity index is 846. The summed E-state index contributed by atoms with van der Waals surface area (Å²) in [6.07, 6.45) is 0. The van der Waals surface area contributed by atoms with Crippen LogP contribution in [0, 0.1) is 0 Å². The maximum atomic E-state index is 12.5. The van der Waals surface area contributed by atoms with Gasteiger partial charge in [0.15, 0.2) is 16.6 Å². The van der Waals surface area contributed by atoms with Crippen LogP contribution in [-0.2, 0) is 0 Å². The lowest BCUT2D eigenvalue weighted by molar-refractivity contribution is 0.102. The third-order valence-corrected chi connectivity index (χ3v) is 4.57. The second kappa shape index (κ2) is 6.44. The van der Waals surface area contributed by atoms with E-state index in [1.54, 1.807) is 12.1 Å². The predicted molar refractivity (Wildman–Crippen MR) is 92.1 cm³/mol. The minimum absolute atomic E-state index is 0.200. The average molecular weight is 349 g/mol. The third-order valence-electron chi connectivity index (χ3n) is 3.24. The average Bonchev–Trinajstić information content (AvgIpc) is 2.96. The fraction of sp³-hybridized carbons (Fsp3) is 0.125. The molecule has 1 heterocycles. The second-order valence-corrected chi connectivity index (χ2v) is 6.01. The Kier molecular flexibility index (Phi) is 4.36. The van der Waals surface area contributed by atoms with Crippen molar-refractivity contribution in [1.82, 2.24) is 4.98 Å². The summed E-state index contributed by atoms with van der Waals surface area (Å²) < 4.78 is 11.4. The van der Waals surface area contributed by atoms with Gasteiger partial charge in [0.05, 0.1) is 35.0 Å². The molecule has 5 nitrogen and oxygen atoms in total. The Morgan fingerprint density at radius 2 is 1.96 bits per heavy atom. The van der Waals surface area contributed by atoms with Gasteiger partial charge < -0.3 is 9.47 Å². The molecular formula is C16H13ClN2O3S. The van der Waals surface area contributed by atoms with Gasteiger partial charge in [0.2, 0.25) is 0 Å². The Balaban J connectivity index is 1.91. The first-order valence-corrected chi connectivity index (χ1v) is 7.91. The molecule has 7 heteroatoms. The van der Waals surface area contributed by atoms with E-state index < -0.39 is 0 Å². The first-order valence-electron chi connectivity index (χ1n) is 6.71. The van der Waals surface area contributed by atoms with E-state index in [1.807, 2.05) is 24.3 Å². The van der Waals surface area contributed by atoms with Crippen molar-refractivity contribution in [3.8, 4) is 11.5 Å². The molecule has 0 spiro atoms. The lowest BCUT2D eigenvalue weighted by Crippen LogP contribution is -2.12. The Morgan fingerprint density at radius 1 is 1.17 bits per heavy atom. The second-order valence-electron chi connectivity index (χ2n) is 4.60. The number of nitrogens with one attached hydrogen (secondary N) is 1. The number of para-hydroxylation sites is 1. The Morgan fingerprint density at radius 3 is 2.65 bits per heavy atom. The normalized spacial score (nSPS) is 10.6. The van der Waals surface area contributed by atoms with Gasteiger partial charge in [0.25, 0.3) is 5.91 Å². The molecule has 0 bridgehead atoms. The number of halogens is 1. The molecular weight excluding hydrogens is 336 g/mol. The van der Waals surface area contributed by atoms with Crippen LogP contribution in [0.25, 0.3) is 10.2 Å². The first-order chi connectivity index (χ1) is 11.1. The fourth-order valence-corrected chi connectivity index (χ4v) is 3.33. The molecule has 1 amide bonds. The van der Waals surface area contributed by atoms with Crippen LogP contribution in [0.3, 0.4) is 0 Å². The molecule has 0 aliphatic rings. The van der Waals surface area contributed by atoms with Crippen molar-refractivity contribution in [3.05, 3.63) is 47.0 Å². The van der Waals surface area contributed by atoms with E-state index in [-0.39, 0.29) is 10.9 Å². The van der Waals surface area contributed by atoms with E-state index in [9.17, 15) is 4.79 Å². The number of nitrogens with zero attached hydrogens (tertiary/aromatic N) is 1. The van der Waals surface area contributed by atoms with Crippen LogP contribution in [0.5, 0.6) is 11.5 Å². The molecule has 2 aromatic carbocycles. The predicted octanol–water partition coefficient (Wildman–Crippen LogP) is 4.22. The first kappa shape index (κ1) is 15.6. The van der Waals surface area contributed by atoms with E-state index in [4.69, 9.17) is 21.1 Å². The highest BCUT2D eigenvalue weighted by Gasteiger charge is 2.19. The lowest BCUT2D eigenvalue weighted by Gasteiger charge is -2.12. The zero-order chi connectivity index (χ0) is 16.4. The molecule has 3 aromatic rings. The van der Waals surface area contributed by atoms with Crippen LogP contribution >= 0.6 is 22.9 Å². The molecule has 0 saturated carbocycles. The number of thiazole rings is 1. The van der Waals surface area contributed by atoms with E-state index in [0.29, 0.717) is 22.2 Å². The van der Waals surface area contributed by atoms with Gasteiger partial charge in [-0.25, -0.2) is 4.98 Å². The van der Waals surface area contributed by atoms with Crippen molar-refractivity contribution in [2.24, 2.45) is 0 Å². The molecule has 0 fully saturated rings. The molecule has 3 rings (SSSR count). The highest BCUT2D eigenvalue weighted by molar-refractivity contribution is 7.22. The van der Waals surface area contributed by atoms with Crippen molar-refractivity contribution in [2.75, 3.05) is 19.5 Å². The largest absolute Gasteiger partial charge is 0.493 e. The van der Waals surface area contributed by atoms with Gasteiger partial charge >= 0.3 is 0 Å². The van der Waals surface area contributed by atoms with Gasteiger partial charge in [-0.1, -0.05) is 35.1 Å². The summed E-state index contributed by atoms with van der Waals surface area (Å²) in [5, 5.41) is 3.48. The number of benzene rings is 2. The zero-order valence-corrected chi connectivity index (χ0v) is 14.0. The molecule has 0 aliphatic carbocycles. The van der Waals surface area contributed by atoms with Crippen molar-refractivity contribution < 1.29 is 14.3 Å². The summed E-state index contributed by atoms with van der Waals surface area (Å²) in [4.78, 5) is 16.8. The highest BCUT2D eigenvalue weighted by Crippen LogP contribution is 2.37. The number of hydrogen-bond donors (Lipinski definition) is 1. The molecule has 0 aliphatic heterocycles. The minimum Gasteiger partial charge on any atom is -0.493 e. The third kappa shape index (κ3) is 2.95. The summed E-state index contributed by atoms with van der Waals surface area (Å²) in [6.45, 7) is 0. The van der Waals surface area contributed by atoms with Gasteiger partial charge in [0.1, 0.15) is 0 Å². The maximum Gasteiger partial charge on any atom is 0.259 e. The molecule has 23 heavy (non-hydrogen) atoms.